The molecular formula is C11H18N4O4. The van der Waals surface area contributed by atoms with Gasteiger partial charge in [-0.2, -0.15) is 5.10 Å². The molecule has 1 fully saturated rings. The molecule has 1 aromatic heterocycles. The fourth-order valence-corrected chi connectivity index (χ4v) is 2.06. The van der Waals surface area contributed by atoms with Gasteiger partial charge in [0.15, 0.2) is 0 Å². The van der Waals surface area contributed by atoms with E-state index in [2.05, 4.69) is 10.4 Å². The van der Waals surface area contributed by atoms with Gasteiger partial charge in [-0.15, -0.1) is 0 Å². The van der Waals surface area contributed by atoms with Gasteiger partial charge in [-0.05, 0) is 19.3 Å². The van der Waals surface area contributed by atoms with Crippen LogP contribution in [0, 0.1) is 10.1 Å². The summed E-state index contributed by atoms with van der Waals surface area (Å²) in [5.41, 5.74) is -0.714. The number of rotatable bonds is 7. The van der Waals surface area contributed by atoms with E-state index in [-0.39, 0.29) is 12.2 Å². The molecule has 3 N–H and O–H groups in total. The molecule has 2 rings (SSSR count). The molecule has 0 saturated heterocycles. The van der Waals surface area contributed by atoms with E-state index >= 15 is 0 Å². The van der Waals surface area contributed by atoms with Crippen molar-refractivity contribution in [1.29, 1.82) is 0 Å². The predicted molar refractivity (Wildman–Crippen MR) is 66.6 cm³/mol. The fraction of sp³-hybridized carbons (Fsp3) is 0.727. The first kappa shape index (κ1) is 13.9. The monoisotopic (exact) mass is 270 g/mol. The van der Waals surface area contributed by atoms with E-state index < -0.39 is 16.6 Å². The van der Waals surface area contributed by atoms with E-state index in [9.17, 15) is 20.3 Å². The maximum Gasteiger partial charge on any atom is 0.306 e. The van der Waals surface area contributed by atoms with Gasteiger partial charge in [-0.3, -0.25) is 14.8 Å². The van der Waals surface area contributed by atoms with Crippen molar-refractivity contribution in [3.05, 3.63) is 22.5 Å². The molecule has 0 aromatic carbocycles. The van der Waals surface area contributed by atoms with Crippen LogP contribution in [0.4, 0.5) is 5.69 Å². The lowest BCUT2D eigenvalue weighted by atomic mass is 9.80. The SMILES string of the molecule is O=[N+]([O-])c1cnn(CC(O)CNCC2(O)CCC2)c1. The predicted octanol–water partition coefficient (Wildman–Crippen LogP) is -0.343. The second kappa shape index (κ2) is 5.64. The van der Waals surface area contributed by atoms with Crippen LogP contribution in [-0.2, 0) is 6.54 Å². The third-order valence-corrected chi connectivity index (χ3v) is 3.35. The second-order valence-electron chi connectivity index (χ2n) is 5.04. The molecule has 0 amide bonds. The molecule has 0 bridgehead atoms. The Balaban J connectivity index is 1.71. The molecule has 1 aliphatic carbocycles. The van der Waals surface area contributed by atoms with E-state index in [1.165, 1.54) is 10.9 Å². The van der Waals surface area contributed by atoms with Crippen LogP contribution in [0.25, 0.3) is 0 Å². The Hall–Kier alpha value is -1.51. The summed E-state index contributed by atoms with van der Waals surface area (Å²) >= 11 is 0. The van der Waals surface area contributed by atoms with Gasteiger partial charge in [0.05, 0.1) is 23.2 Å². The first-order valence-electron chi connectivity index (χ1n) is 6.26. The molecule has 1 atom stereocenters. The number of nitrogens with zero attached hydrogens (tertiary/aromatic N) is 3. The molecule has 106 valence electrons. The van der Waals surface area contributed by atoms with E-state index in [0.717, 1.165) is 25.5 Å². The van der Waals surface area contributed by atoms with Crippen LogP contribution in [0.1, 0.15) is 19.3 Å². The quantitative estimate of drug-likeness (QED) is 0.461. The number of aliphatic hydroxyl groups is 2. The minimum absolute atomic E-state index is 0.0936. The third-order valence-electron chi connectivity index (χ3n) is 3.35. The first-order valence-corrected chi connectivity index (χ1v) is 6.26. The second-order valence-corrected chi connectivity index (χ2v) is 5.04. The van der Waals surface area contributed by atoms with E-state index in [1.807, 2.05) is 0 Å². The van der Waals surface area contributed by atoms with E-state index in [1.54, 1.807) is 0 Å². The zero-order chi connectivity index (χ0) is 13.9. The molecule has 8 nitrogen and oxygen atoms in total. The molecule has 0 aliphatic heterocycles. The van der Waals surface area contributed by atoms with Crippen molar-refractivity contribution in [2.24, 2.45) is 0 Å². The minimum atomic E-state index is -0.705. The summed E-state index contributed by atoms with van der Waals surface area (Å²) in [5.74, 6) is 0. The van der Waals surface area contributed by atoms with Crippen molar-refractivity contribution in [3.63, 3.8) is 0 Å². The summed E-state index contributed by atoms with van der Waals surface area (Å²) < 4.78 is 1.34. The molecule has 1 unspecified atom stereocenters. The van der Waals surface area contributed by atoms with Gasteiger partial charge < -0.3 is 15.5 Å². The fourth-order valence-electron chi connectivity index (χ4n) is 2.06. The summed E-state index contributed by atoms with van der Waals surface area (Å²) in [6.45, 7) is 0.957. The molecule has 19 heavy (non-hydrogen) atoms. The number of aliphatic hydroxyl groups excluding tert-OH is 1. The number of nitrogens with one attached hydrogen (secondary N) is 1. The van der Waals surface area contributed by atoms with Crippen LogP contribution in [-0.4, -0.2) is 49.7 Å². The van der Waals surface area contributed by atoms with Crippen LogP contribution in [0.2, 0.25) is 0 Å². The third kappa shape index (κ3) is 3.72. The van der Waals surface area contributed by atoms with Gasteiger partial charge in [-0.1, -0.05) is 0 Å². The zero-order valence-electron chi connectivity index (χ0n) is 10.5. The highest BCUT2D eigenvalue weighted by molar-refractivity contribution is 5.20. The highest BCUT2D eigenvalue weighted by atomic mass is 16.6. The molecule has 1 aromatic rings. The Morgan fingerprint density at radius 1 is 1.63 bits per heavy atom. The van der Waals surface area contributed by atoms with Crippen LogP contribution < -0.4 is 5.32 Å². The highest BCUT2D eigenvalue weighted by Crippen LogP contribution is 2.30. The molecule has 8 heteroatoms. The van der Waals surface area contributed by atoms with Crippen molar-refractivity contribution in [1.82, 2.24) is 15.1 Å². The van der Waals surface area contributed by atoms with Crippen molar-refractivity contribution in [2.45, 2.75) is 37.5 Å². The summed E-state index contributed by atoms with van der Waals surface area (Å²) in [5, 5.41) is 36.9. The van der Waals surface area contributed by atoms with Crippen molar-refractivity contribution < 1.29 is 15.1 Å². The molecule has 0 spiro atoms. The Labute approximate surface area is 110 Å². The molecular weight excluding hydrogens is 252 g/mol. The topological polar surface area (TPSA) is 113 Å². The maximum atomic E-state index is 10.5. The lowest BCUT2D eigenvalue weighted by molar-refractivity contribution is -0.385. The Morgan fingerprint density at radius 3 is 2.89 bits per heavy atom. The summed E-state index contributed by atoms with van der Waals surface area (Å²) in [4.78, 5) is 9.94. The number of hydrogen-bond donors (Lipinski definition) is 3. The van der Waals surface area contributed by atoms with Gasteiger partial charge in [-0.25, -0.2) is 0 Å². The van der Waals surface area contributed by atoms with Crippen molar-refractivity contribution in [3.8, 4) is 0 Å². The summed E-state index contributed by atoms with van der Waals surface area (Å²) in [7, 11) is 0. The average Bonchev–Trinajstić information content (AvgIpc) is 2.75. The van der Waals surface area contributed by atoms with Gasteiger partial charge in [0, 0.05) is 13.1 Å². The van der Waals surface area contributed by atoms with Gasteiger partial charge in [0.25, 0.3) is 0 Å². The van der Waals surface area contributed by atoms with Crippen LogP contribution in [0.5, 0.6) is 0 Å². The Bertz CT molecular complexity index is 444. The van der Waals surface area contributed by atoms with Gasteiger partial charge in [0.1, 0.15) is 12.4 Å². The largest absolute Gasteiger partial charge is 0.390 e. The van der Waals surface area contributed by atoms with Gasteiger partial charge >= 0.3 is 5.69 Å². The molecule has 0 radical (unpaired) electrons. The Kier molecular flexibility index (Phi) is 4.13. The van der Waals surface area contributed by atoms with Crippen molar-refractivity contribution in [2.75, 3.05) is 13.1 Å². The van der Waals surface area contributed by atoms with Crippen LogP contribution in [0.3, 0.4) is 0 Å². The summed E-state index contributed by atoms with van der Waals surface area (Å²) in [6.07, 6.45) is 4.35. The lowest BCUT2D eigenvalue weighted by Crippen LogP contribution is -2.48. The van der Waals surface area contributed by atoms with Crippen LogP contribution >= 0.6 is 0 Å². The average molecular weight is 270 g/mol. The van der Waals surface area contributed by atoms with Gasteiger partial charge in [0.2, 0.25) is 0 Å². The molecule has 1 saturated carbocycles. The lowest BCUT2D eigenvalue weighted by Gasteiger charge is -2.36. The Morgan fingerprint density at radius 2 is 2.37 bits per heavy atom. The molecule has 1 heterocycles. The first-order chi connectivity index (χ1) is 8.98. The number of nitro groups is 1. The number of aromatic nitrogens is 2. The highest BCUT2D eigenvalue weighted by Gasteiger charge is 2.33. The minimum Gasteiger partial charge on any atom is -0.390 e. The van der Waals surface area contributed by atoms with E-state index in [0.29, 0.717) is 13.1 Å². The summed E-state index contributed by atoms with van der Waals surface area (Å²) in [6, 6.07) is 0. The standard InChI is InChI=1S/C11H18N4O4/c16-10(5-12-8-11(17)2-1-3-11)7-14-6-9(4-13-14)15(18)19/h4,6,10,12,16-17H,1-3,5,7-8H2. The van der Waals surface area contributed by atoms with Crippen LogP contribution in [0.15, 0.2) is 12.4 Å². The normalized spacial score (nSPS) is 18.8. The smallest absolute Gasteiger partial charge is 0.306 e. The van der Waals surface area contributed by atoms with E-state index in [4.69, 9.17) is 0 Å². The zero-order valence-corrected chi connectivity index (χ0v) is 10.5. The molecule has 1 aliphatic rings. The maximum absolute atomic E-state index is 10.5. The van der Waals surface area contributed by atoms with Crippen molar-refractivity contribution >= 4 is 5.69 Å². The number of hydrogen-bond acceptors (Lipinski definition) is 6.